The van der Waals surface area contributed by atoms with Crippen LogP contribution in [0.5, 0.6) is 0 Å². The van der Waals surface area contributed by atoms with E-state index in [1.165, 1.54) is 116 Å². The number of aliphatic hydroxyl groups is 1. The zero-order chi connectivity index (χ0) is 24.1. The van der Waals surface area contributed by atoms with Crippen LogP contribution in [0.2, 0.25) is 0 Å². The molecule has 0 fully saturated rings. The molecule has 33 heavy (non-hydrogen) atoms. The molecule has 0 aliphatic carbocycles. The molecule has 0 atom stereocenters. The number of ketones is 1. The van der Waals surface area contributed by atoms with Gasteiger partial charge in [-0.2, -0.15) is 0 Å². The van der Waals surface area contributed by atoms with Gasteiger partial charge >= 0.3 is 0 Å². The van der Waals surface area contributed by atoms with E-state index < -0.39 is 0 Å². The standard InChI is InChI=1S/C31H58O2/c1-2-3-4-5-6-7-8-9-10-11-12-13-16-19-22-25-28-31(33)29-26-23-20-17-14-15-18-21-24-27-30-32/h6-7,9-10,32H,2-5,8,11-30H2,1H3. The Hall–Kier alpha value is -0.890. The highest BCUT2D eigenvalue weighted by atomic mass is 16.2. The van der Waals surface area contributed by atoms with Gasteiger partial charge < -0.3 is 5.11 Å². The second-order valence-electron chi connectivity index (χ2n) is 9.88. The lowest BCUT2D eigenvalue weighted by Crippen LogP contribution is -1.97. The summed E-state index contributed by atoms with van der Waals surface area (Å²) in [6.07, 6.45) is 38.3. The van der Waals surface area contributed by atoms with E-state index in [-0.39, 0.29) is 0 Å². The van der Waals surface area contributed by atoms with E-state index >= 15 is 0 Å². The first-order chi connectivity index (χ1) is 16.3. The quantitative estimate of drug-likeness (QED) is 0.0973. The summed E-state index contributed by atoms with van der Waals surface area (Å²) in [5.74, 6) is 0.489. The molecule has 0 radical (unpaired) electrons. The van der Waals surface area contributed by atoms with Crippen LogP contribution in [0.25, 0.3) is 0 Å². The van der Waals surface area contributed by atoms with Crippen molar-refractivity contribution in [1.82, 2.24) is 0 Å². The smallest absolute Gasteiger partial charge is 0.132 e. The summed E-state index contributed by atoms with van der Waals surface area (Å²) >= 11 is 0. The Labute approximate surface area is 207 Å². The molecule has 0 aromatic carbocycles. The molecule has 0 heterocycles. The largest absolute Gasteiger partial charge is 0.396 e. The van der Waals surface area contributed by atoms with E-state index in [1.54, 1.807) is 0 Å². The number of carbonyl (C=O) groups excluding carboxylic acids is 1. The Morgan fingerprint density at radius 1 is 0.515 bits per heavy atom. The van der Waals surface area contributed by atoms with E-state index in [4.69, 9.17) is 5.11 Å². The van der Waals surface area contributed by atoms with Crippen molar-refractivity contribution in [3.8, 4) is 0 Å². The maximum absolute atomic E-state index is 12.0. The van der Waals surface area contributed by atoms with E-state index in [1.807, 2.05) is 0 Å². The highest BCUT2D eigenvalue weighted by molar-refractivity contribution is 5.78. The first kappa shape index (κ1) is 32.1. The molecule has 0 spiro atoms. The number of allylic oxidation sites excluding steroid dienone is 4. The van der Waals surface area contributed by atoms with Crippen LogP contribution in [0.4, 0.5) is 0 Å². The molecular weight excluding hydrogens is 404 g/mol. The molecule has 0 saturated carbocycles. The molecule has 2 heteroatoms. The zero-order valence-electron chi connectivity index (χ0n) is 22.3. The van der Waals surface area contributed by atoms with Gasteiger partial charge in [-0.05, 0) is 51.4 Å². The third-order valence-corrected chi connectivity index (χ3v) is 6.52. The van der Waals surface area contributed by atoms with Crippen molar-refractivity contribution >= 4 is 5.78 Å². The monoisotopic (exact) mass is 462 g/mol. The minimum atomic E-state index is 0.342. The number of aliphatic hydroxyl groups excluding tert-OH is 1. The topological polar surface area (TPSA) is 37.3 Å². The first-order valence-corrected chi connectivity index (χ1v) is 14.7. The Kier molecular flexibility index (Phi) is 28.4. The van der Waals surface area contributed by atoms with Crippen molar-refractivity contribution < 1.29 is 9.90 Å². The summed E-state index contributed by atoms with van der Waals surface area (Å²) in [5, 5.41) is 8.75. The second kappa shape index (κ2) is 29.1. The van der Waals surface area contributed by atoms with Gasteiger partial charge in [0.1, 0.15) is 5.78 Å². The van der Waals surface area contributed by atoms with Crippen molar-refractivity contribution in [3.05, 3.63) is 24.3 Å². The molecular formula is C31H58O2. The van der Waals surface area contributed by atoms with E-state index in [0.717, 1.165) is 38.5 Å². The number of hydrogen-bond acceptors (Lipinski definition) is 2. The van der Waals surface area contributed by atoms with Crippen LogP contribution in [-0.2, 0) is 4.79 Å². The summed E-state index contributed by atoms with van der Waals surface area (Å²) in [4.78, 5) is 12.0. The van der Waals surface area contributed by atoms with Gasteiger partial charge in [-0.25, -0.2) is 0 Å². The van der Waals surface area contributed by atoms with Gasteiger partial charge in [-0.15, -0.1) is 0 Å². The Morgan fingerprint density at radius 3 is 1.36 bits per heavy atom. The molecule has 0 bridgehead atoms. The molecule has 1 N–H and O–H groups in total. The van der Waals surface area contributed by atoms with Crippen LogP contribution in [0.3, 0.4) is 0 Å². The average Bonchev–Trinajstić information content (AvgIpc) is 2.82. The molecule has 2 nitrogen and oxygen atoms in total. The van der Waals surface area contributed by atoms with Gasteiger partial charge in [-0.1, -0.05) is 121 Å². The van der Waals surface area contributed by atoms with E-state index in [9.17, 15) is 4.79 Å². The number of Topliss-reactive ketones (excluding diaryl/α,β-unsaturated/α-hetero) is 1. The summed E-state index contributed by atoms with van der Waals surface area (Å²) in [5.41, 5.74) is 0. The predicted octanol–water partition coefficient (Wildman–Crippen LogP) is 10.0. The van der Waals surface area contributed by atoms with Crippen LogP contribution in [-0.4, -0.2) is 17.5 Å². The molecule has 0 aliphatic rings. The lowest BCUT2D eigenvalue weighted by Gasteiger charge is -2.03. The molecule has 194 valence electrons. The van der Waals surface area contributed by atoms with Gasteiger partial charge in [-0.3, -0.25) is 4.79 Å². The highest BCUT2D eigenvalue weighted by Crippen LogP contribution is 2.13. The normalized spacial score (nSPS) is 11.8. The number of carbonyl (C=O) groups is 1. The fourth-order valence-corrected chi connectivity index (χ4v) is 4.28. The maximum Gasteiger partial charge on any atom is 0.132 e. The molecule has 0 aromatic heterocycles. The maximum atomic E-state index is 12.0. The lowest BCUT2D eigenvalue weighted by atomic mass is 10.0. The Balaban J connectivity index is 3.23. The Morgan fingerprint density at radius 2 is 0.909 bits per heavy atom. The SMILES string of the molecule is CCCCCC=CCC=CCCCCCCCCC(=O)CCCCCCCCCCCCO. The van der Waals surface area contributed by atoms with Crippen molar-refractivity contribution in [1.29, 1.82) is 0 Å². The van der Waals surface area contributed by atoms with Gasteiger partial charge in [0.15, 0.2) is 0 Å². The second-order valence-corrected chi connectivity index (χ2v) is 9.88. The summed E-state index contributed by atoms with van der Waals surface area (Å²) in [7, 11) is 0. The summed E-state index contributed by atoms with van der Waals surface area (Å²) < 4.78 is 0. The summed E-state index contributed by atoms with van der Waals surface area (Å²) in [6, 6.07) is 0. The minimum absolute atomic E-state index is 0.342. The molecule has 0 saturated heterocycles. The van der Waals surface area contributed by atoms with Crippen LogP contribution in [0, 0.1) is 0 Å². The highest BCUT2D eigenvalue weighted by Gasteiger charge is 2.02. The molecule has 0 rings (SSSR count). The van der Waals surface area contributed by atoms with Gasteiger partial charge in [0, 0.05) is 19.4 Å². The third kappa shape index (κ3) is 29.1. The van der Waals surface area contributed by atoms with Gasteiger partial charge in [0.05, 0.1) is 0 Å². The van der Waals surface area contributed by atoms with Crippen molar-refractivity contribution in [2.75, 3.05) is 6.61 Å². The fourth-order valence-electron chi connectivity index (χ4n) is 4.28. The first-order valence-electron chi connectivity index (χ1n) is 14.7. The van der Waals surface area contributed by atoms with Gasteiger partial charge in [0.25, 0.3) is 0 Å². The molecule has 0 unspecified atom stereocenters. The average molecular weight is 463 g/mol. The Bertz CT molecular complexity index is 438. The van der Waals surface area contributed by atoms with Crippen LogP contribution in [0.1, 0.15) is 161 Å². The number of hydrogen-bond donors (Lipinski definition) is 1. The van der Waals surface area contributed by atoms with Crippen molar-refractivity contribution in [2.45, 2.75) is 161 Å². The summed E-state index contributed by atoms with van der Waals surface area (Å²) in [6.45, 7) is 2.60. The fraction of sp³-hybridized carbons (Fsp3) is 0.839. The number of unbranched alkanes of at least 4 members (excludes halogenated alkanes) is 18. The van der Waals surface area contributed by atoms with Crippen LogP contribution in [0.15, 0.2) is 24.3 Å². The van der Waals surface area contributed by atoms with E-state index in [0.29, 0.717) is 12.4 Å². The van der Waals surface area contributed by atoms with Crippen molar-refractivity contribution in [2.24, 2.45) is 0 Å². The third-order valence-electron chi connectivity index (χ3n) is 6.52. The van der Waals surface area contributed by atoms with Gasteiger partial charge in [0.2, 0.25) is 0 Å². The number of rotatable bonds is 27. The van der Waals surface area contributed by atoms with E-state index in [2.05, 4.69) is 31.2 Å². The van der Waals surface area contributed by atoms with Crippen LogP contribution < -0.4 is 0 Å². The zero-order valence-corrected chi connectivity index (χ0v) is 22.3. The van der Waals surface area contributed by atoms with Crippen molar-refractivity contribution in [3.63, 3.8) is 0 Å². The molecule has 0 aromatic rings. The lowest BCUT2D eigenvalue weighted by molar-refractivity contribution is -0.119. The predicted molar refractivity (Wildman–Crippen MR) is 147 cm³/mol. The molecule has 0 aliphatic heterocycles. The molecule has 0 amide bonds. The minimum Gasteiger partial charge on any atom is -0.396 e. The van der Waals surface area contributed by atoms with Crippen LogP contribution >= 0.6 is 0 Å².